The van der Waals surface area contributed by atoms with Gasteiger partial charge in [-0.1, -0.05) is 6.92 Å². The lowest BCUT2D eigenvalue weighted by atomic mass is 9.92. The van der Waals surface area contributed by atoms with Crippen LogP contribution in [-0.2, 0) is 4.79 Å². The SMILES string of the molecule is CCN1CCCC1CN(C)C(=O)[C@H]1CCN[C@@H](C)C1.Cl. The van der Waals surface area contributed by atoms with Crippen molar-refractivity contribution in [3.05, 3.63) is 0 Å². The molecule has 20 heavy (non-hydrogen) atoms. The number of amides is 1. The van der Waals surface area contributed by atoms with Crippen LogP contribution in [0.15, 0.2) is 0 Å². The van der Waals surface area contributed by atoms with Gasteiger partial charge in [0.15, 0.2) is 0 Å². The summed E-state index contributed by atoms with van der Waals surface area (Å²) >= 11 is 0. The van der Waals surface area contributed by atoms with Crippen molar-refractivity contribution in [3.8, 4) is 0 Å². The average Bonchev–Trinajstić information content (AvgIpc) is 2.85. The van der Waals surface area contributed by atoms with E-state index < -0.39 is 0 Å². The minimum Gasteiger partial charge on any atom is -0.344 e. The van der Waals surface area contributed by atoms with Gasteiger partial charge in [-0.25, -0.2) is 0 Å². The lowest BCUT2D eigenvalue weighted by Gasteiger charge is -2.33. The monoisotopic (exact) mass is 303 g/mol. The maximum Gasteiger partial charge on any atom is 0.225 e. The van der Waals surface area contributed by atoms with Gasteiger partial charge in [0.05, 0.1) is 0 Å². The number of hydrogen-bond donors (Lipinski definition) is 1. The third-order valence-electron chi connectivity index (χ3n) is 4.74. The summed E-state index contributed by atoms with van der Waals surface area (Å²) in [5, 5.41) is 3.42. The predicted molar refractivity (Wildman–Crippen MR) is 85.3 cm³/mol. The number of nitrogens with one attached hydrogen (secondary N) is 1. The molecule has 2 heterocycles. The van der Waals surface area contributed by atoms with Crippen LogP contribution in [0.1, 0.15) is 39.5 Å². The second kappa shape index (κ2) is 8.20. The van der Waals surface area contributed by atoms with Gasteiger partial charge in [-0.15, -0.1) is 12.4 Å². The van der Waals surface area contributed by atoms with Gasteiger partial charge < -0.3 is 10.2 Å². The van der Waals surface area contributed by atoms with Crippen molar-refractivity contribution in [1.29, 1.82) is 0 Å². The Kier molecular flexibility index (Phi) is 7.27. The topological polar surface area (TPSA) is 35.6 Å². The number of likely N-dealkylation sites (tertiary alicyclic amines) is 1. The second-order valence-corrected chi connectivity index (χ2v) is 6.22. The molecule has 0 radical (unpaired) electrons. The zero-order valence-electron chi connectivity index (χ0n) is 13.1. The fraction of sp³-hybridized carbons (Fsp3) is 0.933. The largest absolute Gasteiger partial charge is 0.344 e. The summed E-state index contributed by atoms with van der Waals surface area (Å²) in [5.41, 5.74) is 0. The Bertz CT molecular complexity index is 313. The van der Waals surface area contributed by atoms with Crippen LogP contribution in [0.2, 0.25) is 0 Å². The van der Waals surface area contributed by atoms with E-state index in [0.29, 0.717) is 18.0 Å². The molecule has 0 aromatic heterocycles. The Labute approximate surface area is 129 Å². The number of hydrogen-bond acceptors (Lipinski definition) is 3. The molecule has 0 aliphatic carbocycles. The molecule has 0 bridgehead atoms. The molecule has 1 amide bonds. The van der Waals surface area contributed by atoms with Crippen LogP contribution >= 0.6 is 12.4 Å². The quantitative estimate of drug-likeness (QED) is 0.859. The Morgan fingerprint density at radius 3 is 2.80 bits per heavy atom. The zero-order valence-corrected chi connectivity index (χ0v) is 13.9. The standard InChI is InChI=1S/C15H29N3O.ClH/c1-4-18-9-5-6-14(18)11-17(3)15(19)13-7-8-16-12(2)10-13;/h12-14,16H,4-11H2,1-3H3;1H/t12-,13-,14?;/m0./s1. The number of rotatable bonds is 4. The molecule has 0 aromatic rings. The first-order valence-electron chi connectivity index (χ1n) is 7.84. The van der Waals surface area contributed by atoms with Crippen molar-refractivity contribution in [2.45, 2.75) is 51.6 Å². The van der Waals surface area contributed by atoms with Gasteiger partial charge in [0.25, 0.3) is 0 Å². The molecule has 5 heteroatoms. The molecule has 0 spiro atoms. The van der Waals surface area contributed by atoms with Crippen molar-refractivity contribution in [3.63, 3.8) is 0 Å². The van der Waals surface area contributed by atoms with Gasteiger partial charge in [-0.05, 0) is 52.2 Å². The minimum atomic E-state index is 0. The van der Waals surface area contributed by atoms with E-state index in [-0.39, 0.29) is 18.3 Å². The fourth-order valence-corrected chi connectivity index (χ4v) is 3.59. The molecule has 4 nitrogen and oxygen atoms in total. The van der Waals surface area contributed by atoms with Gasteiger partial charge in [-0.3, -0.25) is 9.69 Å². The van der Waals surface area contributed by atoms with Crippen molar-refractivity contribution in [2.24, 2.45) is 5.92 Å². The molecule has 2 aliphatic heterocycles. The Morgan fingerprint density at radius 1 is 1.40 bits per heavy atom. The van der Waals surface area contributed by atoms with Gasteiger partial charge in [0.2, 0.25) is 5.91 Å². The molecule has 0 saturated carbocycles. The van der Waals surface area contributed by atoms with Crippen LogP contribution in [0, 0.1) is 5.92 Å². The molecule has 1 unspecified atom stereocenters. The Balaban J connectivity index is 0.00000200. The van der Waals surface area contributed by atoms with Gasteiger partial charge in [0.1, 0.15) is 0 Å². The molecule has 2 saturated heterocycles. The van der Waals surface area contributed by atoms with E-state index in [0.717, 1.165) is 32.5 Å². The van der Waals surface area contributed by atoms with Crippen molar-refractivity contribution in [2.75, 3.05) is 33.2 Å². The zero-order chi connectivity index (χ0) is 13.8. The van der Waals surface area contributed by atoms with E-state index >= 15 is 0 Å². The normalized spacial score (nSPS) is 30.9. The van der Waals surface area contributed by atoms with Crippen LogP contribution in [0.4, 0.5) is 0 Å². The van der Waals surface area contributed by atoms with E-state index in [1.54, 1.807) is 0 Å². The van der Waals surface area contributed by atoms with Crippen LogP contribution in [-0.4, -0.2) is 61.0 Å². The summed E-state index contributed by atoms with van der Waals surface area (Å²) < 4.78 is 0. The Morgan fingerprint density at radius 2 is 2.15 bits per heavy atom. The molecule has 2 rings (SSSR count). The van der Waals surface area contributed by atoms with Crippen molar-refractivity contribution >= 4 is 18.3 Å². The maximum atomic E-state index is 12.5. The van der Waals surface area contributed by atoms with Gasteiger partial charge >= 0.3 is 0 Å². The Hall–Kier alpha value is -0.320. The van der Waals surface area contributed by atoms with Crippen LogP contribution < -0.4 is 5.32 Å². The summed E-state index contributed by atoms with van der Waals surface area (Å²) in [6, 6.07) is 1.06. The van der Waals surface area contributed by atoms with Gasteiger partial charge in [0, 0.05) is 31.6 Å². The highest BCUT2D eigenvalue weighted by atomic mass is 35.5. The molecular weight excluding hydrogens is 274 g/mol. The van der Waals surface area contributed by atoms with E-state index in [4.69, 9.17) is 0 Å². The second-order valence-electron chi connectivity index (χ2n) is 6.22. The molecule has 2 fully saturated rings. The van der Waals surface area contributed by atoms with E-state index in [9.17, 15) is 4.79 Å². The summed E-state index contributed by atoms with van der Waals surface area (Å²) in [7, 11) is 1.99. The van der Waals surface area contributed by atoms with E-state index in [2.05, 4.69) is 24.1 Å². The summed E-state index contributed by atoms with van der Waals surface area (Å²) in [4.78, 5) is 17.0. The van der Waals surface area contributed by atoms with Crippen LogP contribution in [0.25, 0.3) is 0 Å². The maximum absolute atomic E-state index is 12.5. The van der Waals surface area contributed by atoms with Gasteiger partial charge in [-0.2, -0.15) is 0 Å². The third-order valence-corrected chi connectivity index (χ3v) is 4.74. The third kappa shape index (κ3) is 4.34. The van der Waals surface area contributed by atoms with Crippen molar-refractivity contribution in [1.82, 2.24) is 15.1 Å². The smallest absolute Gasteiger partial charge is 0.225 e. The fourth-order valence-electron chi connectivity index (χ4n) is 3.59. The average molecular weight is 304 g/mol. The van der Waals surface area contributed by atoms with Crippen LogP contribution in [0.5, 0.6) is 0 Å². The molecular formula is C15H30ClN3O. The molecule has 2 aliphatic rings. The summed E-state index contributed by atoms with van der Waals surface area (Å²) in [6.07, 6.45) is 4.51. The highest BCUT2D eigenvalue weighted by Gasteiger charge is 2.30. The van der Waals surface area contributed by atoms with E-state index in [1.165, 1.54) is 19.4 Å². The highest BCUT2D eigenvalue weighted by molar-refractivity contribution is 5.85. The number of carbonyl (C=O) groups excluding carboxylic acids is 1. The number of piperidine rings is 1. The first kappa shape index (κ1) is 17.7. The minimum absolute atomic E-state index is 0. The number of likely N-dealkylation sites (N-methyl/N-ethyl adjacent to an activating group) is 2. The predicted octanol–water partition coefficient (Wildman–Crippen LogP) is 1.74. The summed E-state index contributed by atoms with van der Waals surface area (Å²) in [6.45, 7) is 8.59. The molecule has 0 aromatic carbocycles. The molecule has 1 N–H and O–H groups in total. The van der Waals surface area contributed by atoms with Crippen LogP contribution in [0.3, 0.4) is 0 Å². The molecule has 118 valence electrons. The number of halogens is 1. The number of carbonyl (C=O) groups is 1. The summed E-state index contributed by atoms with van der Waals surface area (Å²) in [5.74, 6) is 0.592. The number of nitrogens with zero attached hydrogens (tertiary/aromatic N) is 2. The highest BCUT2D eigenvalue weighted by Crippen LogP contribution is 2.21. The van der Waals surface area contributed by atoms with E-state index in [1.807, 2.05) is 11.9 Å². The lowest BCUT2D eigenvalue weighted by molar-refractivity contribution is -0.136. The first-order chi connectivity index (χ1) is 9.11. The lowest BCUT2D eigenvalue weighted by Crippen LogP contribution is -2.46. The van der Waals surface area contributed by atoms with Crippen molar-refractivity contribution < 1.29 is 4.79 Å². The first-order valence-corrected chi connectivity index (χ1v) is 7.84. The molecule has 3 atom stereocenters.